The summed E-state index contributed by atoms with van der Waals surface area (Å²) in [7, 11) is -3.61. The van der Waals surface area contributed by atoms with E-state index in [1.54, 1.807) is 0 Å². The van der Waals surface area contributed by atoms with Crippen molar-refractivity contribution in [3.8, 4) is 0 Å². The lowest BCUT2D eigenvalue weighted by Gasteiger charge is -2.24. The Kier molecular flexibility index (Phi) is 6.01. The largest absolute Gasteiger partial charge is 0.312 e. The van der Waals surface area contributed by atoms with Crippen molar-refractivity contribution in [1.29, 1.82) is 0 Å². The first-order valence-electron chi connectivity index (χ1n) is 8.40. The zero-order valence-electron chi connectivity index (χ0n) is 15.2. The van der Waals surface area contributed by atoms with Crippen molar-refractivity contribution in [1.82, 2.24) is 0 Å². The van der Waals surface area contributed by atoms with E-state index in [4.69, 9.17) is 0 Å². The van der Waals surface area contributed by atoms with Crippen molar-refractivity contribution in [2.24, 2.45) is 0 Å². The summed E-state index contributed by atoms with van der Waals surface area (Å²) in [6.07, 6.45) is 0. The van der Waals surface area contributed by atoms with Gasteiger partial charge in [-0.3, -0.25) is 4.79 Å². The minimum Gasteiger partial charge on any atom is -0.312 e. The van der Waals surface area contributed by atoms with E-state index in [-0.39, 0.29) is 11.7 Å². The van der Waals surface area contributed by atoms with Gasteiger partial charge in [0.25, 0.3) is 0 Å². The number of para-hydroxylation sites is 1. The van der Waals surface area contributed by atoms with E-state index >= 15 is 0 Å². The molecule has 0 radical (unpaired) electrons. The summed E-state index contributed by atoms with van der Waals surface area (Å²) < 4.78 is 25.6. The maximum atomic E-state index is 12.8. The molecular formula is C20H25NO3S. The molecule has 0 fully saturated rings. The SMILES string of the molecule is CCN(C(=O)C(C)S(=O)(=O)Cc1cc(C)ccc1C)c1ccccc1. The first-order valence-corrected chi connectivity index (χ1v) is 10.1. The van der Waals surface area contributed by atoms with Crippen LogP contribution in [-0.2, 0) is 20.4 Å². The molecule has 0 saturated heterocycles. The average molecular weight is 359 g/mol. The number of sulfone groups is 1. The van der Waals surface area contributed by atoms with Gasteiger partial charge in [0, 0.05) is 12.2 Å². The van der Waals surface area contributed by atoms with Crippen molar-refractivity contribution < 1.29 is 13.2 Å². The molecule has 1 unspecified atom stereocenters. The molecule has 0 aliphatic carbocycles. The summed E-state index contributed by atoms with van der Waals surface area (Å²) >= 11 is 0. The van der Waals surface area contributed by atoms with Gasteiger partial charge >= 0.3 is 0 Å². The van der Waals surface area contributed by atoms with Crippen molar-refractivity contribution in [2.75, 3.05) is 11.4 Å². The Balaban J connectivity index is 2.26. The monoisotopic (exact) mass is 359 g/mol. The lowest BCUT2D eigenvalue weighted by Crippen LogP contribution is -2.42. The summed E-state index contributed by atoms with van der Waals surface area (Å²) in [5, 5.41) is -1.09. The Morgan fingerprint density at radius 1 is 1.08 bits per heavy atom. The molecule has 0 aromatic heterocycles. The van der Waals surface area contributed by atoms with E-state index < -0.39 is 15.1 Å². The van der Waals surface area contributed by atoms with Crippen LogP contribution in [0, 0.1) is 13.8 Å². The highest BCUT2D eigenvalue weighted by molar-refractivity contribution is 7.92. The fourth-order valence-corrected chi connectivity index (χ4v) is 4.17. The summed E-state index contributed by atoms with van der Waals surface area (Å²) in [6, 6.07) is 14.9. The second-order valence-electron chi connectivity index (χ2n) is 6.30. The number of carbonyl (C=O) groups excluding carboxylic acids is 1. The Labute approximate surface area is 150 Å². The summed E-state index contributed by atoms with van der Waals surface area (Å²) in [5.74, 6) is -0.515. The predicted molar refractivity (Wildman–Crippen MR) is 102 cm³/mol. The average Bonchev–Trinajstić information content (AvgIpc) is 2.58. The minimum atomic E-state index is -3.61. The van der Waals surface area contributed by atoms with E-state index in [0.29, 0.717) is 12.2 Å². The second kappa shape index (κ2) is 7.83. The molecule has 2 rings (SSSR count). The normalized spacial score (nSPS) is 12.6. The zero-order chi connectivity index (χ0) is 18.6. The van der Waals surface area contributed by atoms with Crippen LogP contribution in [0.4, 0.5) is 5.69 Å². The smallest absolute Gasteiger partial charge is 0.245 e. The maximum absolute atomic E-state index is 12.8. The van der Waals surface area contributed by atoms with Gasteiger partial charge in [0.1, 0.15) is 5.25 Å². The lowest BCUT2D eigenvalue weighted by atomic mass is 10.1. The van der Waals surface area contributed by atoms with Gasteiger partial charge in [-0.05, 0) is 51.0 Å². The first-order chi connectivity index (χ1) is 11.8. The molecule has 25 heavy (non-hydrogen) atoms. The summed E-state index contributed by atoms with van der Waals surface area (Å²) in [5.41, 5.74) is 3.39. The van der Waals surface area contributed by atoms with Crippen LogP contribution in [0.2, 0.25) is 0 Å². The number of hydrogen-bond donors (Lipinski definition) is 0. The topological polar surface area (TPSA) is 54.5 Å². The van der Waals surface area contributed by atoms with Gasteiger partial charge in [0.05, 0.1) is 5.75 Å². The van der Waals surface area contributed by atoms with Crippen LogP contribution >= 0.6 is 0 Å². The fraction of sp³-hybridized carbons (Fsp3) is 0.350. The molecule has 0 bridgehead atoms. The van der Waals surface area contributed by atoms with Gasteiger partial charge in [-0.25, -0.2) is 8.42 Å². The van der Waals surface area contributed by atoms with E-state index in [0.717, 1.165) is 16.7 Å². The number of hydrogen-bond acceptors (Lipinski definition) is 3. The summed E-state index contributed by atoms with van der Waals surface area (Å²) in [6.45, 7) is 7.56. The predicted octanol–water partition coefficient (Wildman–Crippen LogP) is 3.66. The van der Waals surface area contributed by atoms with Gasteiger partial charge in [0.2, 0.25) is 5.91 Å². The number of carbonyl (C=O) groups is 1. The van der Waals surface area contributed by atoms with E-state index in [1.165, 1.54) is 11.8 Å². The number of nitrogens with zero attached hydrogens (tertiary/aromatic N) is 1. The molecule has 2 aromatic carbocycles. The lowest BCUT2D eigenvalue weighted by molar-refractivity contribution is -0.117. The molecule has 0 saturated carbocycles. The zero-order valence-corrected chi connectivity index (χ0v) is 16.0. The van der Waals surface area contributed by atoms with Crippen molar-refractivity contribution in [2.45, 2.75) is 38.7 Å². The Bertz CT molecular complexity index is 844. The molecule has 0 spiro atoms. The molecule has 4 nitrogen and oxygen atoms in total. The number of benzene rings is 2. The van der Waals surface area contributed by atoms with Gasteiger partial charge in [0.15, 0.2) is 9.84 Å². The molecule has 0 N–H and O–H groups in total. The molecule has 1 amide bonds. The van der Waals surface area contributed by atoms with Gasteiger partial charge in [-0.2, -0.15) is 0 Å². The quantitative estimate of drug-likeness (QED) is 0.791. The van der Waals surface area contributed by atoms with Crippen LogP contribution < -0.4 is 4.90 Å². The number of aryl methyl sites for hydroxylation is 2. The van der Waals surface area contributed by atoms with Crippen molar-refractivity contribution in [3.63, 3.8) is 0 Å². The molecule has 1 atom stereocenters. The highest BCUT2D eigenvalue weighted by Crippen LogP contribution is 2.20. The standard InChI is InChI=1S/C20H25NO3S/c1-5-21(19-9-7-6-8-10-19)20(22)17(4)25(23,24)14-18-13-15(2)11-12-16(18)3/h6-13,17H,5,14H2,1-4H3. The molecule has 0 heterocycles. The Morgan fingerprint density at radius 3 is 2.32 bits per heavy atom. The number of anilines is 1. The minimum absolute atomic E-state index is 0.125. The Hall–Kier alpha value is -2.14. The van der Waals surface area contributed by atoms with Crippen LogP contribution in [-0.4, -0.2) is 26.1 Å². The van der Waals surface area contributed by atoms with E-state index in [9.17, 15) is 13.2 Å². The Morgan fingerprint density at radius 2 is 1.72 bits per heavy atom. The van der Waals surface area contributed by atoms with Crippen LogP contribution in [0.15, 0.2) is 48.5 Å². The summed E-state index contributed by atoms with van der Waals surface area (Å²) in [4.78, 5) is 14.3. The molecule has 0 aliphatic rings. The number of rotatable bonds is 6. The van der Waals surface area contributed by atoms with E-state index in [2.05, 4.69) is 0 Å². The van der Waals surface area contributed by atoms with Crippen LogP contribution in [0.5, 0.6) is 0 Å². The molecule has 134 valence electrons. The maximum Gasteiger partial charge on any atom is 0.245 e. The van der Waals surface area contributed by atoms with Crippen LogP contribution in [0.3, 0.4) is 0 Å². The van der Waals surface area contributed by atoms with Crippen molar-refractivity contribution in [3.05, 3.63) is 65.2 Å². The van der Waals surface area contributed by atoms with Gasteiger partial charge < -0.3 is 4.90 Å². The third kappa shape index (κ3) is 4.48. The van der Waals surface area contributed by atoms with Crippen LogP contribution in [0.1, 0.15) is 30.5 Å². The molecule has 5 heteroatoms. The van der Waals surface area contributed by atoms with Gasteiger partial charge in [-0.1, -0.05) is 42.0 Å². The molecular weight excluding hydrogens is 334 g/mol. The second-order valence-corrected chi connectivity index (χ2v) is 8.62. The third-order valence-electron chi connectivity index (χ3n) is 4.40. The highest BCUT2D eigenvalue weighted by Gasteiger charge is 2.32. The highest BCUT2D eigenvalue weighted by atomic mass is 32.2. The number of amides is 1. The van der Waals surface area contributed by atoms with Crippen molar-refractivity contribution >= 4 is 21.4 Å². The first kappa shape index (κ1) is 19.2. The fourth-order valence-electron chi connectivity index (χ4n) is 2.74. The van der Waals surface area contributed by atoms with Crippen LogP contribution in [0.25, 0.3) is 0 Å². The van der Waals surface area contributed by atoms with Gasteiger partial charge in [-0.15, -0.1) is 0 Å². The third-order valence-corrected chi connectivity index (χ3v) is 6.39. The molecule has 2 aromatic rings. The van der Waals surface area contributed by atoms with E-state index in [1.807, 2.05) is 69.3 Å². The molecule has 0 aliphatic heterocycles.